The van der Waals surface area contributed by atoms with Crippen LogP contribution >= 0.6 is 10.6 Å². The SMILES string of the molecule is CCn1nc(C)c2c(NC3CCS(O)(O)CC3)c(C3=NOC(CC(=O)NC)(C(=O)NC)C3)cnc21. The maximum Gasteiger partial charge on any atom is 0.267 e. The second-order valence-electron chi connectivity index (χ2n) is 9.01. The van der Waals surface area contributed by atoms with Crippen molar-refractivity contribution >= 4 is 44.8 Å². The number of carbonyl (C=O) groups is 2. The molecule has 4 rings (SSSR count). The number of anilines is 1. The number of hydrogen-bond donors (Lipinski definition) is 5. The lowest BCUT2D eigenvalue weighted by atomic mass is 9.89. The number of nitrogens with one attached hydrogen (secondary N) is 3. The monoisotopic (exact) mass is 507 g/mol. The predicted octanol–water partition coefficient (Wildman–Crippen LogP) is 1.83. The molecule has 35 heavy (non-hydrogen) atoms. The van der Waals surface area contributed by atoms with Gasteiger partial charge in [0.1, 0.15) is 0 Å². The molecule has 0 saturated carbocycles. The van der Waals surface area contributed by atoms with Crippen LogP contribution in [-0.4, -0.2) is 78.6 Å². The summed E-state index contributed by atoms with van der Waals surface area (Å²) in [6.07, 6.45) is 2.81. The number of pyridine rings is 1. The average molecular weight is 508 g/mol. The maximum absolute atomic E-state index is 12.8. The van der Waals surface area contributed by atoms with Gasteiger partial charge in [-0.2, -0.15) is 15.7 Å². The van der Waals surface area contributed by atoms with E-state index in [9.17, 15) is 18.7 Å². The van der Waals surface area contributed by atoms with Crippen molar-refractivity contribution in [1.82, 2.24) is 25.4 Å². The van der Waals surface area contributed by atoms with Gasteiger partial charge in [-0.25, -0.2) is 9.67 Å². The Labute approximate surface area is 205 Å². The molecule has 5 N–H and O–H groups in total. The van der Waals surface area contributed by atoms with Crippen molar-refractivity contribution in [2.75, 3.05) is 30.9 Å². The minimum absolute atomic E-state index is 0.0149. The average Bonchev–Trinajstić information content (AvgIpc) is 3.41. The highest BCUT2D eigenvalue weighted by molar-refractivity contribution is 8.24. The summed E-state index contributed by atoms with van der Waals surface area (Å²) in [5, 5.41) is 18.4. The first-order chi connectivity index (χ1) is 16.6. The summed E-state index contributed by atoms with van der Waals surface area (Å²) in [4.78, 5) is 35.2. The summed E-state index contributed by atoms with van der Waals surface area (Å²) >= 11 is 0. The molecule has 2 aromatic heterocycles. The Balaban J connectivity index is 1.74. The van der Waals surface area contributed by atoms with Crippen molar-refractivity contribution in [2.45, 2.75) is 57.7 Å². The molecule has 4 heterocycles. The van der Waals surface area contributed by atoms with E-state index in [0.717, 1.165) is 22.4 Å². The summed E-state index contributed by atoms with van der Waals surface area (Å²) in [6, 6.07) is 0.0149. The van der Waals surface area contributed by atoms with E-state index >= 15 is 0 Å². The molecule has 0 radical (unpaired) electrons. The third-order valence-electron chi connectivity index (χ3n) is 6.63. The molecular formula is C22H33N7O5S. The third-order valence-corrected chi connectivity index (χ3v) is 8.41. The third kappa shape index (κ3) is 4.80. The fourth-order valence-corrected chi connectivity index (χ4v) is 6.19. The quantitative estimate of drug-likeness (QED) is 0.379. The molecule has 192 valence electrons. The molecule has 2 aliphatic rings. The van der Waals surface area contributed by atoms with E-state index in [2.05, 4.69) is 31.2 Å². The minimum Gasteiger partial charge on any atom is -0.381 e. The standard InChI is InChI=1S/C22H33N7O5S/c1-5-29-20-18(13(2)27-29)19(26-14-6-8-35(32,33)9-7-14)15(12-25-20)16-10-22(34-28-16,21(31)24-4)11-17(30)23-3/h12,14,32-33H,5-11H2,1-4H3,(H,23,30)(H,24,31)(H,25,26). The van der Waals surface area contributed by atoms with E-state index in [1.54, 1.807) is 6.20 Å². The van der Waals surface area contributed by atoms with Crippen molar-refractivity contribution < 1.29 is 23.5 Å². The van der Waals surface area contributed by atoms with Crippen molar-refractivity contribution in [1.29, 1.82) is 0 Å². The van der Waals surface area contributed by atoms with Crippen LogP contribution in [0.3, 0.4) is 0 Å². The van der Waals surface area contributed by atoms with Crippen molar-refractivity contribution in [3.8, 4) is 0 Å². The number of hydrogen-bond acceptors (Lipinski definition) is 9. The Hall–Kier alpha value is -2.90. The Morgan fingerprint density at radius 1 is 1.26 bits per heavy atom. The van der Waals surface area contributed by atoms with E-state index in [4.69, 9.17) is 4.84 Å². The van der Waals surface area contributed by atoms with Crippen LogP contribution in [0, 0.1) is 6.92 Å². The molecule has 1 saturated heterocycles. The van der Waals surface area contributed by atoms with E-state index in [1.165, 1.54) is 14.1 Å². The topological polar surface area (TPSA) is 163 Å². The fraction of sp³-hybridized carbons (Fsp3) is 0.591. The molecule has 1 unspecified atom stereocenters. The van der Waals surface area contributed by atoms with Crippen molar-refractivity contribution in [2.24, 2.45) is 5.16 Å². The van der Waals surface area contributed by atoms with Crippen LogP contribution in [0.25, 0.3) is 11.0 Å². The van der Waals surface area contributed by atoms with Gasteiger partial charge in [0.2, 0.25) is 11.5 Å². The molecule has 13 heteroatoms. The smallest absolute Gasteiger partial charge is 0.267 e. The largest absolute Gasteiger partial charge is 0.381 e. The first kappa shape index (κ1) is 25.2. The molecule has 2 amide bonds. The van der Waals surface area contributed by atoms with E-state index in [1.807, 2.05) is 18.5 Å². The Morgan fingerprint density at radius 2 is 1.97 bits per heavy atom. The number of aryl methyl sites for hydroxylation is 2. The van der Waals surface area contributed by atoms with Gasteiger partial charge in [-0.1, -0.05) is 5.16 Å². The zero-order chi connectivity index (χ0) is 25.4. The zero-order valence-electron chi connectivity index (χ0n) is 20.4. The molecule has 0 aliphatic carbocycles. The van der Waals surface area contributed by atoms with Crippen LogP contribution in [-0.2, 0) is 21.0 Å². The van der Waals surface area contributed by atoms with Gasteiger partial charge in [-0.15, -0.1) is 0 Å². The zero-order valence-corrected chi connectivity index (χ0v) is 21.2. The van der Waals surface area contributed by atoms with Crippen molar-refractivity contribution in [3.63, 3.8) is 0 Å². The van der Waals surface area contributed by atoms with Crippen molar-refractivity contribution in [3.05, 3.63) is 17.5 Å². The number of amides is 2. The molecule has 0 aromatic carbocycles. The minimum atomic E-state index is -2.52. The second-order valence-corrected chi connectivity index (χ2v) is 11.4. The van der Waals surface area contributed by atoms with Gasteiger partial charge in [0.05, 0.1) is 28.9 Å². The number of oxime groups is 1. The van der Waals surface area contributed by atoms with Gasteiger partial charge in [0.15, 0.2) is 5.65 Å². The van der Waals surface area contributed by atoms with Gasteiger partial charge in [0, 0.05) is 56.4 Å². The summed E-state index contributed by atoms with van der Waals surface area (Å²) in [6.45, 7) is 4.55. The van der Waals surface area contributed by atoms with Gasteiger partial charge < -0.3 is 20.8 Å². The first-order valence-electron chi connectivity index (χ1n) is 11.7. The predicted molar refractivity (Wildman–Crippen MR) is 135 cm³/mol. The number of aromatic nitrogens is 3. The van der Waals surface area contributed by atoms with Gasteiger partial charge >= 0.3 is 0 Å². The Kier molecular flexibility index (Phi) is 6.93. The molecule has 0 bridgehead atoms. The molecule has 0 spiro atoms. The first-order valence-corrected chi connectivity index (χ1v) is 13.6. The maximum atomic E-state index is 12.8. The number of carbonyl (C=O) groups excluding carboxylic acids is 2. The van der Waals surface area contributed by atoms with E-state index < -0.39 is 22.1 Å². The lowest BCUT2D eigenvalue weighted by molar-refractivity contribution is -0.149. The van der Waals surface area contributed by atoms with Gasteiger partial charge in [0.25, 0.3) is 5.91 Å². The van der Waals surface area contributed by atoms with Crippen LogP contribution in [0.4, 0.5) is 5.69 Å². The Morgan fingerprint density at radius 3 is 2.60 bits per heavy atom. The molecule has 1 fully saturated rings. The lowest BCUT2D eigenvalue weighted by Crippen LogP contribution is -2.48. The molecule has 1 atom stereocenters. The molecule has 12 nitrogen and oxygen atoms in total. The summed E-state index contributed by atoms with van der Waals surface area (Å²) in [5.74, 6) is -0.0801. The highest BCUT2D eigenvalue weighted by Gasteiger charge is 2.48. The van der Waals surface area contributed by atoms with E-state index in [0.29, 0.717) is 42.2 Å². The number of nitrogens with zero attached hydrogens (tertiary/aromatic N) is 4. The van der Waals surface area contributed by atoms with Gasteiger partial charge in [-0.3, -0.25) is 18.7 Å². The van der Waals surface area contributed by atoms with Crippen LogP contribution in [0.15, 0.2) is 11.4 Å². The number of fused-ring (bicyclic) bond motifs is 1. The summed E-state index contributed by atoms with van der Waals surface area (Å²) in [5.41, 5.74) is 1.99. The van der Waals surface area contributed by atoms with Crippen LogP contribution < -0.4 is 16.0 Å². The van der Waals surface area contributed by atoms with Gasteiger partial charge in [-0.05, 0) is 26.7 Å². The fourth-order valence-electron chi connectivity index (χ4n) is 4.66. The van der Waals surface area contributed by atoms with Crippen LogP contribution in [0.1, 0.15) is 43.9 Å². The highest BCUT2D eigenvalue weighted by atomic mass is 32.3. The summed E-state index contributed by atoms with van der Waals surface area (Å²) in [7, 11) is 0.475. The summed E-state index contributed by atoms with van der Waals surface area (Å²) < 4.78 is 21.9. The second kappa shape index (κ2) is 9.63. The van der Waals surface area contributed by atoms with Crippen LogP contribution in [0.2, 0.25) is 0 Å². The highest BCUT2D eigenvalue weighted by Crippen LogP contribution is 2.45. The molecule has 2 aromatic rings. The Bertz CT molecular complexity index is 1170. The molecular weight excluding hydrogens is 474 g/mol. The number of likely N-dealkylation sites (N-methyl/N-ethyl adjacent to an activating group) is 1. The normalized spacial score (nSPS) is 22.9. The molecule has 2 aliphatic heterocycles. The van der Waals surface area contributed by atoms with E-state index in [-0.39, 0.29) is 24.8 Å². The lowest BCUT2D eigenvalue weighted by Gasteiger charge is -2.39. The van der Waals surface area contributed by atoms with Crippen LogP contribution in [0.5, 0.6) is 0 Å². The number of rotatable bonds is 7.